The highest BCUT2D eigenvalue weighted by Crippen LogP contribution is 2.61. The Morgan fingerprint density at radius 2 is 2.09 bits per heavy atom. The second-order valence-corrected chi connectivity index (χ2v) is 5.11. The summed E-state index contributed by atoms with van der Waals surface area (Å²) in [5.41, 5.74) is 0.716. The molecule has 2 aliphatic rings. The van der Waals surface area contributed by atoms with E-state index in [9.17, 15) is 0 Å². The maximum Gasteiger partial charge on any atom is 0.0433 e. The van der Waals surface area contributed by atoms with Gasteiger partial charge in [-0.25, -0.2) is 0 Å². The maximum absolute atomic E-state index is 8.79. The maximum atomic E-state index is 8.79. The molecule has 1 heterocycles. The molecule has 2 rings (SSSR count). The van der Waals surface area contributed by atoms with Gasteiger partial charge in [0.1, 0.15) is 0 Å². The van der Waals surface area contributed by atoms with E-state index in [1.165, 1.54) is 30.8 Å². The van der Waals surface area contributed by atoms with Gasteiger partial charge in [0.25, 0.3) is 0 Å². The third-order valence-electron chi connectivity index (χ3n) is 3.32. The Labute approximate surface area is 72.6 Å². The predicted molar refractivity (Wildman–Crippen MR) is 48.8 cm³/mol. The zero-order valence-electron chi connectivity index (χ0n) is 6.88. The summed E-state index contributed by atoms with van der Waals surface area (Å²) in [6, 6.07) is 0. The molecule has 0 radical (unpaired) electrons. The van der Waals surface area contributed by atoms with Crippen molar-refractivity contribution in [1.29, 1.82) is 0 Å². The molecule has 1 nitrogen and oxygen atoms in total. The molecule has 1 aliphatic heterocycles. The Bertz CT molecular complexity index is 140. The molecule has 2 fully saturated rings. The van der Waals surface area contributed by atoms with Gasteiger partial charge < -0.3 is 5.11 Å². The second-order valence-electron chi connectivity index (χ2n) is 3.89. The van der Waals surface area contributed by atoms with Crippen LogP contribution in [0.3, 0.4) is 0 Å². The molecular formula is C9H16OS. The fourth-order valence-corrected chi connectivity index (χ4v) is 3.69. The molecule has 1 atom stereocenters. The minimum absolute atomic E-state index is 0.402. The predicted octanol–water partition coefficient (Wildman–Crippen LogP) is 1.90. The van der Waals surface area contributed by atoms with Crippen molar-refractivity contribution in [3.63, 3.8) is 0 Å². The average Bonchev–Trinajstić information content (AvgIpc) is 2.66. The Balaban J connectivity index is 1.84. The summed E-state index contributed by atoms with van der Waals surface area (Å²) in [5, 5.41) is 8.79. The molecule has 0 aromatic rings. The van der Waals surface area contributed by atoms with E-state index in [0.717, 1.165) is 12.3 Å². The van der Waals surface area contributed by atoms with Gasteiger partial charge in [-0.1, -0.05) is 0 Å². The summed E-state index contributed by atoms with van der Waals surface area (Å²) in [4.78, 5) is 0. The van der Waals surface area contributed by atoms with Gasteiger partial charge in [0.2, 0.25) is 0 Å². The van der Waals surface area contributed by atoms with Gasteiger partial charge in [0.05, 0.1) is 0 Å². The Morgan fingerprint density at radius 1 is 1.36 bits per heavy atom. The van der Waals surface area contributed by atoms with E-state index in [2.05, 4.69) is 11.8 Å². The molecule has 0 aromatic carbocycles. The average molecular weight is 172 g/mol. The highest BCUT2D eigenvalue weighted by molar-refractivity contribution is 7.99. The van der Waals surface area contributed by atoms with Crippen molar-refractivity contribution in [3.05, 3.63) is 0 Å². The number of aliphatic hydroxyl groups excluding tert-OH is 1. The molecule has 2 heteroatoms. The monoisotopic (exact) mass is 172 g/mol. The summed E-state index contributed by atoms with van der Waals surface area (Å²) in [7, 11) is 0. The van der Waals surface area contributed by atoms with E-state index in [0.29, 0.717) is 12.0 Å². The van der Waals surface area contributed by atoms with Crippen LogP contribution in [-0.4, -0.2) is 23.2 Å². The number of hydrogen-bond donors (Lipinski definition) is 1. The molecular weight excluding hydrogens is 156 g/mol. The van der Waals surface area contributed by atoms with Crippen LogP contribution >= 0.6 is 11.8 Å². The molecule has 1 saturated carbocycles. The quantitative estimate of drug-likeness (QED) is 0.686. The number of rotatable bonds is 2. The van der Waals surface area contributed by atoms with Crippen LogP contribution in [0.15, 0.2) is 0 Å². The lowest BCUT2D eigenvalue weighted by Gasteiger charge is -2.21. The molecule has 1 spiro atoms. The van der Waals surface area contributed by atoms with Crippen molar-refractivity contribution >= 4 is 11.8 Å². The summed E-state index contributed by atoms with van der Waals surface area (Å²) in [5.74, 6) is 3.61. The van der Waals surface area contributed by atoms with Gasteiger partial charge in [-0.15, -0.1) is 0 Å². The minimum Gasteiger partial charge on any atom is -0.396 e. The highest BCUT2D eigenvalue weighted by Gasteiger charge is 2.52. The molecule has 0 bridgehead atoms. The number of thioether (sulfide) groups is 1. The minimum atomic E-state index is 0.402. The van der Waals surface area contributed by atoms with E-state index in [1.807, 2.05) is 0 Å². The van der Waals surface area contributed by atoms with Crippen LogP contribution in [0, 0.1) is 11.3 Å². The van der Waals surface area contributed by atoms with Crippen molar-refractivity contribution < 1.29 is 5.11 Å². The van der Waals surface area contributed by atoms with Gasteiger partial charge in [-0.3, -0.25) is 0 Å². The zero-order valence-corrected chi connectivity index (χ0v) is 7.70. The normalized spacial score (nSPS) is 34.1. The van der Waals surface area contributed by atoms with Crippen molar-refractivity contribution in [2.75, 3.05) is 18.1 Å². The topological polar surface area (TPSA) is 20.2 Å². The lowest BCUT2D eigenvalue weighted by molar-refractivity contribution is 0.264. The molecule has 1 N–H and O–H groups in total. The Hall–Kier alpha value is 0.310. The standard InChI is InChI=1S/C9H16OS/c10-4-1-8-7-9(8)2-5-11-6-3-9/h8,10H,1-7H2. The van der Waals surface area contributed by atoms with E-state index < -0.39 is 0 Å². The smallest absolute Gasteiger partial charge is 0.0433 e. The van der Waals surface area contributed by atoms with Crippen molar-refractivity contribution in [3.8, 4) is 0 Å². The van der Waals surface area contributed by atoms with Gasteiger partial charge in [0, 0.05) is 6.61 Å². The summed E-state index contributed by atoms with van der Waals surface area (Å²) in [6.45, 7) is 0.402. The van der Waals surface area contributed by atoms with Crippen LogP contribution in [0.2, 0.25) is 0 Å². The summed E-state index contributed by atoms with van der Waals surface area (Å²) in [6.07, 6.45) is 5.31. The Morgan fingerprint density at radius 3 is 2.73 bits per heavy atom. The van der Waals surface area contributed by atoms with Gasteiger partial charge >= 0.3 is 0 Å². The first-order valence-corrected chi connectivity index (χ1v) is 5.71. The van der Waals surface area contributed by atoms with Crippen molar-refractivity contribution in [2.45, 2.75) is 25.7 Å². The first-order chi connectivity index (χ1) is 5.37. The molecule has 0 amide bonds. The van der Waals surface area contributed by atoms with E-state index in [4.69, 9.17) is 5.11 Å². The van der Waals surface area contributed by atoms with Crippen molar-refractivity contribution in [1.82, 2.24) is 0 Å². The fraction of sp³-hybridized carbons (Fsp3) is 1.00. The third kappa shape index (κ3) is 1.43. The van der Waals surface area contributed by atoms with Gasteiger partial charge in [-0.2, -0.15) is 11.8 Å². The molecule has 64 valence electrons. The molecule has 1 unspecified atom stereocenters. The van der Waals surface area contributed by atoms with Gasteiger partial charge in [-0.05, 0) is 48.5 Å². The molecule has 11 heavy (non-hydrogen) atoms. The van der Waals surface area contributed by atoms with Crippen LogP contribution < -0.4 is 0 Å². The lowest BCUT2D eigenvalue weighted by Crippen LogP contribution is -2.13. The summed E-state index contributed by atoms with van der Waals surface area (Å²) >= 11 is 2.09. The van der Waals surface area contributed by atoms with Gasteiger partial charge in [0.15, 0.2) is 0 Å². The van der Waals surface area contributed by atoms with Crippen LogP contribution in [0.4, 0.5) is 0 Å². The first-order valence-electron chi connectivity index (χ1n) is 4.56. The number of hydrogen-bond acceptors (Lipinski definition) is 2. The van der Waals surface area contributed by atoms with E-state index in [-0.39, 0.29) is 0 Å². The third-order valence-corrected chi connectivity index (χ3v) is 4.31. The van der Waals surface area contributed by atoms with E-state index in [1.54, 1.807) is 0 Å². The largest absolute Gasteiger partial charge is 0.396 e. The zero-order chi connectivity index (χ0) is 7.73. The van der Waals surface area contributed by atoms with Crippen LogP contribution in [0.1, 0.15) is 25.7 Å². The molecule has 1 saturated heterocycles. The highest BCUT2D eigenvalue weighted by atomic mass is 32.2. The van der Waals surface area contributed by atoms with Crippen LogP contribution in [0.5, 0.6) is 0 Å². The molecule has 0 aromatic heterocycles. The van der Waals surface area contributed by atoms with Crippen LogP contribution in [-0.2, 0) is 0 Å². The fourth-order valence-electron chi connectivity index (χ4n) is 2.39. The first kappa shape index (κ1) is 7.93. The number of aliphatic hydroxyl groups is 1. The lowest BCUT2D eigenvalue weighted by atomic mass is 9.95. The van der Waals surface area contributed by atoms with Crippen molar-refractivity contribution in [2.24, 2.45) is 11.3 Å². The summed E-state index contributed by atoms with van der Waals surface area (Å²) < 4.78 is 0. The molecule has 1 aliphatic carbocycles. The SMILES string of the molecule is OCCC1CC12CCSCC2. The Kier molecular flexibility index (Phi) is 2.15. The van der Waals surface area contributed by atoms with Crippen LogP contribution in [0.25, 0.3) is 0 Å². The second kappa shape index (κ2) is 2.98. The van der Waals surface area contributed by atoms with E-state index >= 15 is 0 Å².